The van der Waals surface area contributed by atoms with E-state index in [9.17, 15) is 4.79 Å². The number of hydrogen-bond acceptors (Lipinski definition) is 6. The maximum absolute atomic E-state index is 12.2. The molecule has 0 aliphatic carbocycles. The van der Waals surface area contributed by atoms with E-state index in [-0.39, 0.29) is 5.78 Å². The molecule has 4 nitrogen and oxygen atoms in total. The van der Waals surface area contributed by atoms with Crippen LogP contribution in [0.25, 0.3) is 0 Å². The molecule has 0 aliphatic rings. The fourth-order valence-corrected chi connectivity index (χ4v) is 3.53. The van der Waals surface area contributed by atoms with Crippen LogP contribution in [0, 0.1) is 13.8 Å². The van der Waals surface area contributed by atoms with Crippen LogP contribution in [-0.2, 0) is 0 Å². The molecule has 0 aliphatic heterocycles. The van der Waals surface area contributed by atoms with Crippen molar-refractivity contribution in [2.24, 2.45) is 0 Å². The van der Waals surface area contributed by atoms with Gasteiger partial charge >= 0.3 is 0 Å². The molecule has 0 spiro atoms. The number of Topliss-reactive ketones (excluding diaryl/α,β-unsaturated/α-hetero) is 1. The van der Waals surface area contributed by atoms with E-state index >= 15 is 0 Å². The molecule has 6 heteroatoms. The van der Waals surface area contributed by atoms with Crippen LogP contribution in [0.3, 0.4) is 0 Å². The summed E-state index contributed by atoms with van der Waals surface area (Å²) in [5.41, 5.74) is 2.99. The lowest BCUT2D eigenvalue weighted by Gasteiger charge is -2.04. The maximum atomic E-state index is 12.2. The highest BCUT2D eigenvalue weighted by Crippen LogP contribution is 2.26. The Morgan fingerprint density at radius 3 is 2.85 bits per heavy atom. The van der Waals surface area contributed by atoms with E-state index in [1.807, 2.05) is 39.0 Å². The molecule has 20 heavy (non-hydrogen) atoms. The molecule has 1 heterocycles. The summed E-state index contributed by atoms with van der Waals surface area (Å²) in [6, 6.07) is 5.91. The standard InChI is InChI=1S/C14H17N3OS2/c1-4-15-13-16-17-14(20-13)19-8-12(18)11-6-5-9(2)7-10(11)3/h5-7H,4,8H2,1-3H3,(H,15,16). The first kappa shape index (κ1) is 15.0. The van der Waals surface area contributed by atoms with Crippen molar-refractivity contribution in [2.45, 2.75) is 25.1 Å². The molecule has 1 aromatic carbocycles. The van der Waals surface area contributed by atoms with Crippen LogP contribution in [0.2, 0.25) is 0 Å². The first-order chi connectivity index (χ1) is 9.60. The van der Waals surface area contributed by atoms with Gasteiger partial charge in [0.2, 0.25) is 5.13 Å². The van der Waals surface area contributed by atoms with Crippen molar-refractivity contribution in [3.63, 3.8) is 0 Å². The van der Waals surface area contributed by atoms with Crippen LogP contribution in [-0.4, -0.2) is 28.3 Å². The van der Waals surface area contributed by atoms with Crippen molar-refractivity contribution in [3.8, 4) is 0 Å². The van der Waals surface area contributed by atoms with Gasteiger partial charge < -0.3 is 5.32 Å². The summed E-state index contributed by atoms with van der Waals surface area (Å²) in [4.78, 5) is 12.2. The Labute approximate surface area is 127 Å². The lowest BCUT2D eigenvalue weighted by atomic mass is 10.0. The molecule has 2 rings (SSSR count). The van der Waals surface area contributed by atoms with Gasteiger partial charge in [0.1, 0.15) is 0 Å². The van der Waals surface area contributed by atoms with E-state index in [2.05, 4.69) is 15.5 Å². The molecule has 106 valence electrons. The molecular weight excluding hydrogens is 290 g/mol. The van der Waals surface area contributed by atoms with Gasteiger partial charge in [-0.25, -0.2) is 0 Å². The molecular formula is C14H17N3OS2. The highest BCUT2D eigenvalue weighted by Gasteiger charge is 2.11. The van der Waals surface area contributed by atoms with Crippen molar-refractivity contribution in [2.75, 3.05) is 17.6 Å². The second kappa shape index (κ2) is 6.85. The maximum Gasteiger partial charge on any atom is 0.206 e. The first-order valence-electron chi connectivity index (χ1n) is 6.40. The van der Waals surface area contributed by atoms with Crippen LogP contribution in [0.5, 0.6) is 0 Å². The van der Waals surface area contributed by atoms with Gasteiger partial charge in [0, 0.05) is 12.1 Å². The molecule has 2 aromatic rings. The van der Waals surface area contributed by atoms with Crippen LogP contribution in [0.4, 0.5) is 5.13 Å². The molecule has 0 fully saturated rings. The number of benzene rings is 1. The Hall–Kier alpha value is -1.40. The Morgan fingerprint density at radius 1 is 1.35 bits per heavy atom. The molecule has 0 atom stereocenters. The van der Waals surface area contributed by atoms with Gasteiger partial charge in [0.05, 0.1) is 5.75 Å². The molecule has 0 saturated carbocycles. The Bertz CT molecular complexity index is 610. The number of aromatic nitrogens is 2. The number of thioether (sulfide) groups is 1. The number of nitrogens with zero attached hydrogens (tertiary/aromatic N) is 2. The topological polar surface area (TPSA) is 54.9 Å². The van der Waals surface area contributed by atoms with E-state index in [0.717, 1.165) is 27.1 Å². The predicted molar refractivity (Wildman–Crippen MR) is 85.0 cm³/mol. The summed E-state index contributed by atoms with van der Waals surface area (Å²) < 4.78 is 0.819. The van der Waals surface area contributed by atoms with Gasteiger partial charge in [-0.2, -0.15) is 0 Å². The minimum absolute atomic E-state index is 0.132. The molecule has 1 N–H and O–H groups in total. The van der Waals surface area contributed by atoms with Gasteiger partial charge in [-0.05, 0) is 26.3 Å². The zero-order valence-electron chi connectivity index (χ0n) is 11.8. The number of carbonyl (C=O) groups excluding carboxylic acids is 1. The second-order valence-corrected chi connectivity index (χ2v) is 6.63. The van der Waals surface area contributed by atoms with Gasteiger partial charge in [0.15, 0.2) is 10.1 Å². The largest absolute Gasteiger partial charge is 0.360 e. The monoisotopic (exact) mass is 307 g/mol. The third-order valence-electron chi connectivity index (χ3n) is 2.74. The minimum Gasteiger partial charge on any atom is -0.360 e. The first-order valence-corrected chi connectivity index (χ1v) is 8.21. The average molecular weight is 307 g/mol. The zero-order valence-corrected chi connectivity index (χ0v) is 13.4. The molecule has 0 radical (unpaired) electrons. The molecule has 0 unspecified atom stereocenters. The van der Waals surface area contributed by atoms with Crippen LogP contribution < -0.4 is 5.32 Å². The normalized spacial score (nSPS) is 10.6. The minimum atomic E-state index is 0.132. The molecule has 0 saturated heterocycles. The predicted octanol–water partition coefficient (Wildman–Crippen LogP) is 3.56. The molecule has 0 bridgehead atoms. The smallest absolute Gasteiger partial charge is 0.206 e. The Morgan fingerprint density at radius 2 is 2.15 bits per heavy atom. The van der Waals surface area contributed by atoms with Crippen molar-refractivity contribution < 1.29 is 4.79 Å². The van der Waals surface area contributed by atoms with Gasteiger partial charge in [-0.3, -0.25) is 4.79 Å². The number of hydrogen-bond donors (Lipinski definition) is 1. The van der Waals surface area contributed by atoms with Gasteiger partial charge in [-0.15, -0.1) is 10.2 Å². The highest BCUT2D eigenvalue weighted by molar-refractivity contribution is 8.01. The Kier molecular flexibility index (Phi) is 5.14. The number of aryl methyl sites for hydroxylation is 2. The number of nitrogens with one attached hydrogen (secondary N) is 1. The fourth-order valence-electron chi connectivity index (χ4n) is 1.82. The van der Waals surface area contributed by atoms with Crippen molar-refractivity contribution in [3.05, 3.63) is 34.9 Å². The fraction of sp³-hybridized carbons (Fsp3) is 0.357. The van der Waals surface area contributed by atoms with Crippen LogP contribution >= 0.6 is 23.1 Å². The summed E-state index contributed by atoms with van der Waals surface area (Å²) in [6.07, 6.45) is 0. The Balaban J connectivity index is 1.97. The van der Waals surface area contributed by atoms with Crippen molar-refractivity contribution in [1.29, 1.82) is 0 Å². The number of anilines is 1. The summed E-state index contributed by atoms with van der Waals surface area (Å²) in [5, 5.41) is 12.0. The van der Waals surface area contributed by atoms with E-state index in [1.54, 1.807) is 0 Å². The third-order valence-corrected chi connectivity index (χ3v) is 4.76. The summed E-state index contributed by atoms with van der Waals surface area (Å²) >= 11 is 2.92. The van der Waals surface area contributed by atoms with Gasteiger partial charge in [0.25, 0.3) is 0 Å². The van der Waals surface area contributed by atoms with E-state index in [0.29, 0.717) is 5.75 Å². The number of carbonyl (C=O) groups is 1. The van der Waals surface area contributed by atoms with Gasteiger partial charge in [-0.1, -0.05) is 46.9 Å². The SMILES string of the molecule is CCNc1nnc(SCC(=O)c2ccc(C)cc2C)s1. The van der Waals surface area contributed by atoms with Crippen LogP contribution in [0.1, 0.15) is 28.4 Å². The number of rotatable bonds is 6. The number of ketones is 1. The summed E-state index contributed by atoms with van der Waals surface area (Å²) in [7, 11) is 0. The third kappa shape index (κ3) is 3.80. The molecule has 1 aromatic heterocycles. The van der Waals surface area contributed by atoms with Crippen LogP contribution in [0.15, 0.2) is 22.5 Å². The summed E-state index contributed by atoms with van der Waals surface area (Å²) in [6.45, 7) is 6.83. The average Bonchev–Trinajstić information content (AvgIpc) is 2.84. The lowest BCUT2D eigenvalue weighted by molar-refractivity contribution is 0.102. The second-order valence-electron chi connectivity index (χ2n) is 4.43. The molecule has 0 amide bonds. The van der Waals surface area contributed by atoms with Crippen molar-refractivity contribution >= 4 is 34.0 Å². The highest BCUT2D eigenvalue weighted by atomic mass is 32.2. The summed E-state index contributed by atoms with van der Waals surface area (Å²) in [5.74, 6) is 0.526. The lowest BCUT2D eigenvalue weighted by Crippen LogP contribution is -2.04. The van der Waals surface area contributed by atoms with E-state index in [1.165, 1.54) is 28.7 Å². The van der Waals surface area contributed by atoms with E-state index < -0.39 is 0 Å². The van der Waals surface area contributed by atoms with E-state index in [4.69, 9.17) is 0 Å². The quantitative estimate of drug-likeness (QED) is 0.653. The van der Waals surface area contributed by atoms with Crippen molar-refractivity contribution in [1.82, 2.24) is 10.2 Å². The zero-order chi connectivity index (χ0) is 14.5.